The van der Waals surface area contributed by atoms with E-state index in [4.69, 9.17) is 4.74 Å². The molecule has 0 amide bonds. The van der Waals surface area contributed by atoms with Crippen molar-refractivity contribution in [2.45, 2.75) is 6.54 Å². The number of nitrogens with one attached hydrogen (secondary N) is 1. The molecule has 2 heterocycles. The van der Waals surface area contributed by atoms with E-state index in [0.717, 1.165) is 29.1 Å². The Morgan fingerprint density at radius 1 is 1.00 bits per heavy atom. The number of imidazole rings is 1. The highest BCUT2D eigenvalue weighted by molar-refractivity contribution is 5.87. The number of benzene rings is 1. The van der Waals surface area contributed by atoms with Crippen molar-refractivity contribution >= 4 is 34.4 Å². The molecule has 3 rings (SSSR count). The Hall–Kier alpha value is -4.58. The van der Waals surface area contributed by atoms with Gasteiger partial charge in [0, 0.05) is 30.7 Å². The maximum absolute atomic E-state index is 11.4. The van der Waals surface area contributed by atoms with Gasteiger partial charge in [0.15, 0.2) is 0 Å². The van der Waals surface area contributed by atoms with Crippen molar-refractivity contribution in [3.8, 4) is 0 Å². The monoisotopic (exact) mass is 479 g/mol. The first-order valence-electron chi connectivity index (χ1n) is 9.55. The van der Waals surface area contributed by atoms with Crippen LogP contribution in [0.3, 0.4) is 0 Å². The highest BCUT2D eigenvalue weighted by Crippen LogP contribution is 2.29. The molecule has 0 bridgehead atoms. The van der Waals surface area contributed by atoms with Gasteiger partial charge in [0.1, 0.15) is 12.2 Å². The minimum atomic E-state index is -0.980. The highest BCUT2D eigenvalue weighted by atomic mass is 16.6. The van der Waals surface area contributed by atoms with Gasteiger partial charge in [-0.25, -0.2) is 0 Å². The smallest absolute Gasteiger partial charge is 0.379 e. The molecule has 180 valence electrons. The Kier molecular flexibility index (Phi) is 7.33. The Bertz CT molecular complexity index is 1160. The van der Waals surface area contributed by atoms with E-state index in [1.54, 1.807) is 0 Å². The predicted molar refractivity (Wildman–Crippen MR) is 114 cm³/mol. The third-order valence-electron chi connectivity index (χ3n) is 4.72. The molecule has 0 saturated carbocycles. The molecule has 1 aliphatic rings. The number of rotatable bonds is 10. The fourth-order valence-electron chi connectivity index (χ4n) is 3.15. The van der Waals surface area contributed by atoms with Gasteiger partial charge in [-0.3, -0.25) is 30.6 Å². The summed E-state index contributed by atoms with van der Waals surface area (Å²) in [6.45, 7) is 1.77. The average Bonchev–Trinajstić information content (AvgIpc) is 3.22. The van der Waals surface area contributed by atoms with Crippen molar-refractivity contribution in [3.05, 3.63) is 65.0 Å². The normalized spacial score (nSPS) is 14.5. The number of anilines is 1. The van der Waals surface area contributed by atoms with Gasteiger partial charge in [-0.1, -0.05) is 0 Å². The molecule has 1 aromatic heterocycles. The zero-order valence-electron chi connectivity index (χ0n) is 17.3. The number of hydrazone groups is 1. The Morgan fingerprint density at radius 3 is 2.29 bits per heavy atom. The molecule has 2 aromatic rings. The molecule has 1 fully saturated rings. The van der Waals surface area contributed by atoms with E-state index in [1.165, 1.54) is 0 Å². The molecule has 18 nitrogen and oxygen atoms in total. The van der Waals surface area contributed by atoms with Crippen LogP contribution in [0.1, 0.15) is 0 Å². The van der Waals surface area contributed by atoms with E-state index in [-0.39, 0.29) is 24.5 Å². The molecule has 1 saturated heterocycles. The van der Waals surface area contributed by atoms with Gasteiger partial charge in [-0.05, 0) is 15.9 Å². The summed E-state index contributed by atoms with van der Waals surface area (Å²) < 4.78 is 6.21. The number of ether oxygens (including phenoxy) is 1. The molecule has 0 aliphatic carbocycles. The van der Waals surface area contributed by atoms with E-state index in [0.29, 0.717) is 26.3 Å². The molecule has 34 heavy (non-hydrogen) atoms. The van der Waals surface area contributed by atoms with Crippen LogP contribution in [0.25, 0.3) is 0 Å². The van der Waals surface area contributed by atoms with Crippen molar-refractivity contribution < 1.29 is 24.4 Å². The van der Waals surface area contributed by atoms with Gasteiger partial charge in [0.25, 0.3) is 12.0 Å². The van der Waals surface area contributed by atoms with Crippen molar-refractivity contribution in [1.29, 1.82) is 0 Å². The molecule has 1 aromatic carbocycles. The topological polar surface area (TPSA) is 227 Å². The summed E-state index contributed by atoms with van der Waals surface area (Å²) in [5.41, 5.74) is 1.46. The number of morpholine rings is 1. The van der Waals surface area contributed by atoms with E-state index < -0.39 is 42.7 Å². The van der Waals surface area contributed by atoms with Crippen molar-refractivity contribution in [1.82, 2.24) is 14.5 Å². The second-order valence-electron chi connectivity index (χ2n) is 6.93. The third kappa shape index (κ3) is 5.61. The van der Waals surface area contributed by atoms with Crippen LogP contribution in [-0.4, -0.2) is 72.7 Å². The number of hydrogen-bond acceptors (Lipinski definition) is 13. The molecule has 1 N–H and O–H groups in total. The van der Waals surface area contributed by atoms with Gasteiger partial charge in [0.2, 0.25) is 0 Å². The first-order valence-corrected chi connectivity index (χ1v) is 9.55. The van der Waals surface area contributed by atoms with Crippen LogP contribution in [0.15, 0.2) is 29.6 Å². The Morgan fingerprint density at radius 2 is 1.71 bits per heavy atom. The minimum Gasteiger partial charge on any atom is -0.379 e. The molecule has 0 atom stereocenters. The van der Waals surface area contributed by atoms with Crippen LogP contribution in [0.4, 0.5) is 28.7 Å². The van der Waals surface area contributed by atoms with Crippen molar-refractivity contribution in [2.75, 3.05) is 38.3 Å². The van der Waals surface area contributed by atoms with E-state index >= 15 is 0 Å². The van der Waals surface area contributed by atoms with Crippen LogP contribution in [0.2, 0.25) is 0 Å². The highest BCUT2D eigenvalue weighted by Gasteiger charge is 2.33. The number of nitrogens with zero attached hydrogens (tertiary/aromatic N) is 8. The van der Waals surface area contributed by atoms with Crippen LogP contribution in [0.5, 0.6) is 0 Å². The maximum Gasteiger partial charge on any atom is 0.462 e. The van der Waals surface area contributed by atoms with Crippen LogP contribution in [-0.2, 0) is 11.3 Å². The van der Waals surface area contributed by atoms with Gasteiger partial charge in [0.05, 0.1) is 34.8 Å². The number of aromatic nitrogens is 2. The Balaban J connectivity index is 1.94. The van der Waals surface area contributed by atoms with Crippen molar-refractivity contribution in [3.63, 3.8) is 0 Å². The standard InChI is InChI=1S/C16H17N9O9/c26-22(27)12-1-2-13(14(7-12)23(28)29)19-18-11(8-20-3-5-34-6-4-20)9-21-10-17-15(24(30)31)16(21)25(32)33/h1-2,7,10,19H,3-6,8-9H2/b18-11-. The summed E-state index contributed by atoms with van der Waals surface area (Å²) in [4.78, 5) is 46.6. The summed E-state index contributed by atoms with van der Waals surface area (Å²) >= 11 is 0. The zero-order chi connectivity index (χ0) is 24.8. The summed E-state index contributed by atoms with van der Waals surface area (Å²) in [5, 5.41) is 48.9. The molecular formula is C16H17N9O9. The molecule has 18 heteroatoms. The minimum absolute atomic E-state index is 0.152. The second kappa shape index (κ2) is 10.4. The second-order valence-corrected chi connectivity index (χ2v) is 6.93. The van der Waals surface area contributed by atoms with E-state index in [1.807, 2.05) is 4.90 Å². The lowest BCUT2D eigenvalue weighted by Gasteiger charge is -2.26. The number of non-ortho nitro benzene ring substituents is 1. The molecule has 1 aliphatic heterocycles. The van der Waals surface area contributed by atoms with Crippen LogP contribution < -0.4 is 5.43 Å². The number of hydrogen-bond donors (Lipinski definition) is 1. The molecule has 0 unspecified atom stereocenters. The van der Waals surface area contributed by atoms with Gasteiger partial charge in [-0.15, -0.1) is 0 Å². The predicted octanol–water partition coefficient (Wildman–Crippen LogP) is 1.32. The molecular weight excluding hydrogens is 462 g/mol. The number of nitro groups is 4. The summed E-state index contributed by atoms with van der Waals surface area (Å²) in [6, 6.07) is 2.93. The summed E-state index contributed by atoms with van der Waals surface area (Å²) in [6.07, 6.45) is 0.930. The first-order chi connectivity index (χ1) is 16.2. The van der Waals surface area contributed by atoms with Gasteiger partial charge >= 0.3 is 17.3 Å². The van der Waals surface area contributed by atoms with Crippen LogP contribution in [0, 0.1) is 40.5 Å². The van der Waals surface area contributed by atoms with E-state index in [9.17, 15) is 40.5 Å². The summed E-state index contributed by atoms with van der Waals surface area (Å²) in [7, 11) is 0. The lowest BCUT2D eigenvalue weighted by molar-refractivity contribution is -0.428. The van der Waals surface area contributed by atoms with Crippen molar-refractivity contribution in [2.24, 2.45) is 5.10 Å². The SMILES string of the molecule is O=[N+]([O-])c1ccc(N/N=C(/CN2CCOCC2)Cn2cnc([N+](=O)[O-])c2[N+](=O)[O-])c([N+](=O)[O-])c1. The maximum atomic E-state index is 11.4. The third-order valence-corrected chi connectivity index (χ3v) is 4.72. The number of nitro benzene ring substituents is 2. The Labute approximate surface area is 189 Å². The first kappa shape index (κ1) is 24.1. The lowest BCUT2D eigenvalue weighted by atomic mass is 10.2. The fraction of sp³-hybridized carbons (Fsp3) is 0.375. The fourth-order valence-corrected chi connectivity index (χ4v) is 3.15. The van der Waals surface area contributed by atoms with Crippen LogP contribution >= 0.6 is 0 Å². The molecule has 0 spiro atoms. The summed E-state index contributed by atoms with van der Waals surface area (Å²) in [5.74, 6) is -1.78. The quantitative estimate of drug-likeness (QED) is 0.289. The zero-order valence-corrected chi connectivity index (χ0v) is 17.3. The van der Waals surface area contributed by atoms with E-state index in [2.05, 4.69) is 15.5 Å². The average molecular weight is 479 g/mol. The molecule has 0 radical (unpaired) electrons. The van der Waals surface area contributed by atoms with Gasteiger partial charge < -0.3 is 25.0 Å². The largest absolute Gasteiger partial charge is 0.462 e. The van der Waals surface area contributed by atoms with Gasteiger partial charge in [-0.2, -0.15) is 9.67 Å². The lowest BCUT2D eigenvalue weighted by Crippen LogP contribution is -2.40.